The predicted molar refractivity (Wildman–Crippen MR) is 149 cm³/mol. The van der Waals surface area contributed by atoms with Crippen molar-refractivity contribution in [2.45, 2.75) is 41.0 Å². The van der Waals surface area contributed by atoms with Gasteiger partial charge in [-0.25, -0.2) is 22.0 Å². The lowest BCUT2D eigenvalue weighted by atomic mass is 9.96. The first-order valence-corrected chi connectivity index (χ1v) is 15.7. The lowest BCUT2D eigenvalue weighted by molar-refractivity contribution is -0.304. The van der Waals surface area contributed by atoms with Crippen LogP contribution in [-0.4, -0.2) is 58.3 Å². The summed E-state index contributed by atoms with van der Waals surface area (Å²) < 4.78 is 101. The molecule has 10 nitrogen and oxygen atoms in total. The van der Waals surface area contributed by atoms with E-state index >= 15 is 0 Å². The minimum atomic E-state index is -5.05. The Balaban J connectivity index is 1.43. The molecule has 0 aliphatic carbocycles. The number of aromatic nitrogens is 3. The summed E-state index contributed by atoms with van der Waals surface area (Å²) in [4.78, 5) is 0.678. The summed E-state index contributed by atoms with van der Waals surface area (Å²) >= 11 is 4.52. The highest BCUT2D eigenvalue weighted by molar-refractivity contribution is 9.10. The van der Waals surface area contributed by atoms with Gasteiger partial charge in [0.05, 0.1) is 12.8 Å². The summed E-state index contributed by atoms with van der Waals surface area (Å²) in [5.41, 5.74) is -0.548. The van der Waals surface area contributed by atoms with Gasteiger partial charge in [-0.2, -0.15) is 8.42 Å². The molecule has 226 valence electrons. The first kappa shape index (κ1) is 30.2. The van der Waals surface area contributed by atoms with Crippen molar-refractivity contribution in [1.29, 1.82) is 0 Å². The normalized spacial score (nSPS) is 25.8. The molecule has 1 N–H and O–H groups in total. The monoisotopic (exact) mass is 699 g/mol. The fourth-order valence-corrected chi connectivity index (χ4v) is 7.20. The van der Waals surface area contributed by atoms with Crippen LogP contribution < -0.4 is 0 Å². The van der Waals surface area contributed by atoms with Crippen LogP contribution in [-0.2, 0) is 28.8 Å². The summed E-state index contributed by atoms with van der Waals surface area (Å²) in [6, 6.07) is 16.5. The van der Waals surface area contributed by atoms with Crippen LogP contribution in [0.5, 0.6) is 0 Å². The average Bonchev–Trinajstić information content (AvgIpc) is 3.45. The molecule has 4 aromatic rings. The molecule has 6 rings (SSSR count). The molecule has 2 aliphatic rings. The van der Waals surface area contributed by atoms with E-state index in [4.69, 9.17) is 18.4 Å². The summed E-state index contributed by atoms with van der Waals surface area (Å²) in [6.07, 6.45) is -2.79. The molecule has 0 amide bonds. The van der Waals surface area contributed by atoms with Gasteiger partial charge < -0.3 is 14.2 Å². The Morgan fingerprint density at radius 1 is 1.02 bits per heavy atom. The first-order chi connectivity index (χ1) is 20.6. The van der Waals surface area contributed by atoms with E-state index in [-0.39, 0.29) is 17.9 Å². The van der Waals surface area contributed by atoms with Crippen LogP contribution in [0.15, 0.2) is 82.3 Å². The maximum atomic E-state index is 14.0. The van der Waals surface area contributed by atoms with Crippen LogP contribution in [0.25, 0.3) is 11.3 Å². The van der Waals surface area contributed by atoms with E-state index in [0.717, 1.165) is 28.4 Å². The van der Waals surface area contributed by atoms with E-state index in [1.54, 1.807) is 48.5 Å². The van der Waals surface area contributed by atoms with Crippen LogP contribution in [0.1, 0.15) is 17.9 Å². The number of benzene rings is 3. The van der Waals surface area contributed by atoms with Gasteiger partial charge in [0.25, 0.3) is 0 Å². The lowest BCUT2D eigenvalue weighted by Crippen LogP contribution is -2.59. The molecule has 3 unspecified atom stereocenters. The van der Waals surface area contributed by atoms with Crippen molar-refractivity contribution < 1.29 is 44.5 Å². The highest BCUT2D eigenvalue weighted by atomic mass is 79.9. The molecule has 43 heavy (non-hydrogen) atoms. The highest BCUT2D eigenvalue weighted by Crippen LogP contribution is 2.45. The standard InChI is InChI=1S/C27H21BrF3N3O7S2/c28-16-7-4-8-17(11-16)42-27-25(41-43(35,36)37)23(24-21(39-27)13-38-26(40-24)14-5-2-1-3-6-14)34-12-20(32-33-34)15-9-18(29)22(31)19(30)10-15/h1-12,21,23-27H,13H2,(H,35,36,37)/t21?,23-,24-,25?,26?,27+/m0/s1. The second-order valence-electron chi connectivity index (χ2n) is 9.61. The van der Waals surface area contributed by atoms with E-state index in [1.165, 1.54) is 10.9 Å². The molecule has 3 heterocycles. The Kier molecular flexibility index (Phi) is 8.63. The van der Waals surface area contributed by atoms with E-state index in [2.05, 4.69) is 26.2 Å². The molecular weight excluding hydrogens is 679 g/mol. The number of hydrogen-bond donors (Lipinski definition) is 1. The third kappa shape index (κ3) is 6.66. The smallest absolute Gasteiger partial charge is 0.356 e. The van der Waals surface area contributed by atoms with Crippen LogP contribution in [0.3, 0.4) is 0 Å². The van der Waals surface area contributed by atoms with Gasteiger partial charge in [-0.1, -0.05) is 69.3 Å². The highest BCUT2D eigenvalue weighted by Gasteiger charge is 2.53. The van der Waals surface area contributed by atoms with E-state index in [0.29, 0.717) is 10.5 Å². The molecule has 2 fully saturated rings. The summed E-state index contributed by atoms with van der Waals surface area (Å²) in [6.45, 7) is 0.0325. The molecule has 1 aromatic heterocycles. The molecule has 0 spiro atoms. The molecule has 2 saturated heterocycles. The van der Waals surface area contributed by atoms with Gasteiger partial charge in [-0.15, -0.1) is 5.10 Å². The van der Waals surface area contributed by atoms with Crippen molar-refractivity contribution in [3.63, 3.8) is 0 Å². The first-order valence-electron chi connectivity index (χ1n) is 12.7. The molecule has 0 bridgehead atoms. The molecule has 2 aliphatic heterocycles. The van der Waals surface area contributed by atoms with Crippen molar-refractivity contribution in [2.24, 2.45) is 0 Å². The Bertz CT molecular complexity index is 1710. The van der Waals surface area contributed by atoms with Gasteiger partial charge in [0, 0.05) is 20.5 Å². The molecule has 16 heteroatoms. The Morgan fingerprint density at radius 2 is 1.77 bits per heavy atom. The zero-order valence-electron chi connectivity index (χ0n) is 21.7. The van der Waals surface area contributed by atoms with Crippen LogP contribution in [0.4, 0.5) is 13.2 Å². The maximum absolute atomic E-state index is 14.0. The van der Waals surface area contributed by atoms with Gasteiger partial charge in [0.2, 0.25) is 0 Å². The Morgan fingerprint density at radius 3 is 2.47 bits per heavy atom. The number of ether oxygens (including phenoxy) is 3. The van der Waals surface area contributed by atoms with E-state index < -0.39 is 63.9 Å². The lowest BCUT2D eigenvalue weighted by Gasteiger charge is -2.48. The third-order valence-electron chi connectivity index (χ3n) is 6.76. The predicted octanol–water partition coefficient (Wildman–Crippen LogP) is 5.49. The average molecular weight is 701 g/mol. The number of rotatable bonds is 7. The molecular formula is C27H21BrF3N3O7S2. The van der Waals surface area contributed by atoms with Crippen molar-refractivity contribution in [2.75, 3.05) is 6.61 Å². The number of thioether (sulfide) groups is 1. The summed E-state index contributed by atoms with van der Waals surface area (Å²) in [5.74, 6) is -4.49. The van der Waals surface area contributed by atoms with Crippen molar-refractivity contribution >= 4 is 38.1 Å². The van der Waals surface area contributed by atoms with Crippen LogP contribution >= 0.6 is 27.7 Å². The zero-order valence-corrected chi connectivity index (χ0v) is 24.9. The van der Waals surface area contributed by atoms with Crippen molar-refractivity contribution in [1.82, 2.24) is 15.0 Å². The topological polar surface area (TPSA) is 122 Å². The van der Waals surface area contributed by atoms with Gasteiger partial charge in [0.15, 0.2) is 23.7 Å². The second-order valence-corrected chi connectivity index (χ2v) is 12.7. The fraction of sp³-hybridized carbons (Fsp3) is 0.259. The SMILES string of the molecule is O=S(=O)(O)OC1[C@@H](Sc2cccc(Br)c2)OC2COC(c3ccccc3)O[C@@H]2[C@@H]1n1cc(-c2cc(F)c(F)c(F)c2)nn1. The van der Waals surface area contributed by atoms with Gasteiger partial charge >= 0.3 is 10.4 Å². The zero-order chi connectivity index (χ0) is 30.3. The van der Waals surface area contributed by atoms with Gasteiger partial charge in [-0.3, -0.25) is 4.55 Å². The van der Waals surface area contributed by atoms with Crippen LogP contribution in [0.2, 0.25) is 0 Å². The molecule has 0 radical (unpaired) electrons. The second kappa shape index (κ2) is 12.3. The minimum absolute atomic E-state index is 0.0325. The third-order valence-corrected chi connectivity index (χ3v) is 8.85. The van der Waals surface area contributed by atoms with E-state index in [1.807, 2.05) is 6.07 Å². The molecule has 0 saturated carbocycles. The fourth-order valence-electron chi connectivity index (χ4n) is 4.92. The molecule has 6 atom stereocenters. The minimum Gasteiger partial charge on any atom is -0.356 e. The van der Waals surface area contributed by atoms with Crippen molar-refractivity contribution in [3.05, 3.63) is 100 Å². The largest absolute Gasteiger partial charge is 0.397 e. The number of nitrogens with zero attached hydrogens (tertiary/aromatic N) is 3. The van der Waals surface area contributed by atoms with E-state index in [9.17, 15) is 26.1 Å². The number of hydrogen-bond acceptors (Lipinski definition) is 9. The van der Waals surface area contributed by atoms with Gasteiger partial charge in [-0.05, 0) is 30.3 Å². The molecule has 3 aromatic carbocycles. The Labute approximate surface area is 256 Å². The number of fused-ring (bicyclic) bond motifs is 1. The summed E-state index contributed by atoms with van der Waals surface area (Å²) in [5, 5.41) is 8.09. The van der Waals surface area contributed by atoms with Crippen LogP contribution in [0, 0.1) is 17.5 Å². The quantitative estimate of drug-likeness (QED) is 0.196. The summed E-state index contributed by atoms with van der Waals surface area (Å²) in [7, 11) is -5.05. The van der Waals surface area contributed by atoms with Crippen molar-refractivity contribution in [3.8, 4) is 11.3 Å². The van der Waals surface area contributed by atoms with Gasteiger partial charge in [0.1, 0.15) is 35.5 Å². The maximum Gasteiger partial charge on any atom is 0.397 e. The number of halogens is 4. The Hall–Kier alpha value is -2.83.